The summed E-state index contributed by atoms with van der Waals surface area (Å²) >= 11 is 0. The van der Waals surface area contributed by atoms with Crippen molar-refractivity contribution in [1.29, 1.82) is 0 Å². The lowest BCUT2D eigenvalue weighted by molar-refractivity contribution is -0.142. The first-order valence-electron chi connectivity index (χ1n) is 10.2. The maximum absolute atomic E-state index is 13.2. The minimum Gasteiger partial charge on any atom is -0.464 e. The Hall–Kier alpha value is -2.56. The number of unbranched alkanes of at least 4 members (excludes halogenated alkanes) is 1. The van der Waals surface area contributed by atoms with Crippen LogP contribution in [0.2, 0.25) is 0 Å². The van der Waals surface area contributed by atoms with Crippen molar-refractivity contribution in [3.8, 4) is 0 Å². The van der Waals surface area contributed by atoms with E-state index in [1.54, 1.807) is 9.80 Å². The van der Waals surface area contributed by atoms with Crippen LogP contribution < -0.4 is 0 Å². The molecule has 0 aliphatic heterocycles. The predicted molar refractivity (Wildman–Crippen MR) is 108 cm³/mol. The Kier molecular flexibility index (Phi) is 6.90. The van der Waals surface area contributed by atoms with E-state index in [2.05, 4.69) is 6.92 Å². The molecule has 0 saturated heterocycles. The minimum atomic E-state index is -0.0327. The van der Waals surface area contributed by atoms with Gasteiger partial charge in [0.25, 0.3) is 0 Å². The quantitative estimate of drug-likeness (QED) is 0.616. The van der Waals surface area contributed by atoms with Gasteiger partial charge in [-0.25, -0.2) is 0 Å². The second-order valence-corrected chi connectivity index (χ2v) is 7.60. The molecule has 0 atom stereocenters. The van der Waals surface area contributed by atoms with Crippen molar-refractivity contribution >= 4 is 11.8 Å². The van der Waals surface area contributed by atoms with Crippen LogP contribution in [0.15, 0.2) is 46.9 Å². The zero-order valence-electron chi connectivity index (χ0n) is 16.9. The lowest BCUT2D eigenvalue weighted by Gasteiger charge is -2.27. The number of aryl methyl sites for hydroxylation is 1. The highest BCUT2D eigenvalue weighted by atomic mass is 16.3. The van der Waals surface area contributed by atoms with Gasteiger partial charge >= 0.3 is 0 Å². The molecule has 0 spiro atoms. The van der Waals surface area contributed by atoms with E-state index in [-0.39, 0.29) is 24.4 Å². The Morgan fingerprint density at radius 3 is 2.39 bits per heavy atom. The Morgan fingerprint density at radius 1 is 1.04 bits per heavy atom. The van der Waals surface area contributed by atoms with Crippen molar-refractivity contribution in [3.63, 3.8) is 0 Å². The number of hydrogen-bond acceptors (Lipinski definition) is 3. The lowest BCUT2D eigenvalue weighted by atomic mass is 10.2. The molecule has 0 bridgehead atoms. The van der Waals surface area contributed by atoms with Crippen molar-refractivity contribution in [2.45, 2.75) is 65.1 Å². The van der Waals surface area contributed by atoms with Crippen LogP contribution in [0.4, 0.5) is 0 Å². The summed E-state index contributed by atoms with van der Waals surface area (Å²) in [7, 11) is 0. The molecule has 1 aromatic heterocycles. The van der Waals surface area contributed by atoms with Crippen molar-refractivity contribution < 1.29 is 14.0 Å². The molecule has 1 aromatic carbocycles. The van der Waals surface area contributed by atoms with Gasteiger partial charge in [0.15, 0.2) is 0 Å². The normalized spacial score (nSPS) is 13.4. The van der Waals surface area contributed by atoms with E-state index in [1.807, 2.05) is 49.4 Å². The van der Waals surface area contributed by atoms with Crippen molar-refractivity contribution in [1.82, 2.24) is 9.80 Å². The Bertz CT molecular complexity index is 780. The van der Waals surface area contributed by atoms with Crippen molar-refractivity contribution in [2.75, 3.05) is 6.54 Å². The highest BCUT2D eigenvalue weighted by molar-refractivity contribution is 5.85. The van der Waals surface area contributed by atoms with Gasteiger partial charge in [-0.05, 0) is 43.9 Å². The number of carbonyl (C=O) groups is 2. The third kappa shape index (κ3) is 5.72. The Labute approximate surface area is 167 Å². The van der Waals surface area contributed by atoms with Crippen LogP contribution in [0.1, 0.15) is 56.1 Å². The van der Waals surface area contributed by atoms with Crippen LogP contribution in [-0.4, -0.2) is 34.2 Å². The molecule has 2 amide bonds. The molecule has 1 aliphatic carbocycles. The monoisotopic (exact) mass is 382 g/mol. The third-order valence-electron chi connectivity index (χ3n) is 5.07. The Balaban J connectivity index is 1.71. The first kappa shape index (κ1) is 20.2. The van der Waals surface area contributed by atoms with Crippen molar-refractivity contribution in [3.05, 3.63) is 59.5 Å². The number of amides is 2. The van der Waals surface area contributed by atoms with Crippen LogP contribution in [0.5, 0.6) is 0 Å². The molecule has 1 heterocycles. The van der Waals surface area contributed by atoms with E-state index in [0.717, 1.165) is 42.8 Å². The Morgan fingerprint density at radius 2 is 1.79 bits per heavy atom. The average Bonchev–Trinajstić information content (AvgIpc) is 3.46. The van der Waals surface area contributed by atoms with E-state index in [4.69, 9.17) is 4.42 Å². The third-order valence-corrected chi connectivity index (χ3v) is 5.07. The SMILES string of the molecule is CCCCC(=O)N(CC(=O)N(Cc1ccccc1)Cc1ccc(C)o1)C1CC1. The molecule has 3 rings (SSSR count). The highest BCUT2D eigenvalue weighted by Crippen LogP contribution is 2.28. The number of hydrogen-bond donors (Lipinski definition) is 0. The van der Waals surface area contributed by atoms with Crippen molar-refractivity contribution in [2.24, 2.45) is 0 Å². The van der Waals surface area contributed by atoms with Gasteiger partial charge in [-0.3, -0.25) is 9.59 Å². The molecule has 1 saturated carbocycles. The van der Waals surface area contributed by atoms with Gasteiger partial charge in [0, 0.05) is 19.0 Å². The summed E-state index contributed by atoms with van der Waals surface area (Å²) in [4.78, 5) is 29.4. The molecule has 5 nitrogen and oxygen atoms in total. The summed E-state index contributed by atoms with van der Waals surface area (Å²) in [6.07, 6.45) is 4.38. The first-order valence-corrected chi connectivity index (χ1v) is 10.2. The van der Waals surface area contributed by atoms with Crippen LogP contribution in [0.3, 0.4) is 0 Å². The second-order valence-electron chi connectivity index (χ2n) is 7.60. The zero-order chi connectivity index (χ0) is 19.9. The molecular weight excluding hydrogens is 352 g/mol. The molecule has 28 heavy (non-hydrogen) atoms. The molecule has 1 aliphatic rings. The maximum atomic E-state index is 13.2. The molecule has 150 valence electrons. The van der Waals surface area contributed by atoms with Crippen LogP contribution >= 0.6 is 0 Å². The summed E-state index contributed by atoms with van der Waals surface area (Å²) in [6.45, 7) is 5.03. The fourth-order valence-corrected chi connectivity index (χ4v) is 3.32. The summed E-state index contributed by atoms with van der Waals surface area (Å²) in [5.41, 5.74) is 1.06. The fourth-order valence-electron chi connectivity index (χ4n) is 3.32. The molecular formula is C23H30N2O3. The number of carbonyl (C=O) groups excluding carboxylic acids is 2. The standard InChI is InChI=1S/C23H30N2O3/c1-3-4-10-22(26)25(20-12-13-20)17-23(27)24(15-19-8-6-5-7-9-19)16-21-14-11-18(2)28-21/h5-9,11,14,20H,3-4,10,12-13,15-17H2,1-2H3. The molecule has 0 unspecified atom stereocenters. The zero-order valence-corrected chi connectivity index (χ0v) is 16.9. The summed E-state index contributed by atoms with van der Waals surface area (Å²) in [6, 6.07) is 14.0. The predicted octanol–water partition coefficient (Wildman–Crippen LogP) is 4.30. The molecule has 1 fully saturated rings. The van der Waals surface area contributed by atoms with Gasteiger partial charge in [0.05, 0.1) is 6.54 Å². The number of furan rings is 1. The molecule has 5 heteroatoms. The smallest absolute Gasteiger partial charge is 0.242 e. The molecule has 2 aromatic rings. The highest BCUT2D eigenvalue weighted by Gasteiger charge is 2.34. The van der Waals surface area contributed by atoms with Gasteiger partial charge in [-0.1, -0.05) is 43.7 Å². The van der Waals surface area contributed by atoms with E-state index in [1.165, 1.54) is 0 Å². The summed E-state index contributed by atoms with van der Waals surface area (Å²) < 4.78 is 5.69. The second kappa shape index (κ2) is 9.58. The van der Waals surface area contributed by atoms with E-state index in [9.17, 15) is 9.59 Å². The first-order chi connectivity index (χ1) is 13.6. The van der Waals surface area contributed by atoms with Gasteiger partial charge in [0.1, 0.15) is 18.1 Å². The molecule has 0 N–H and O–H groups in total. The van der Waals surface area contributed by atoms with Gasteiger partial charge < -0.3 is 14.2 Å². The maximum Gasteiger partial charge on any atom is 0.242 e. The van der Waals surface area contributed by atoms with Crippen LogP contribution in [0, 0.1) is 6.92 Å². The van der Waals surface area contributed by atoms with E-state index >= 15 is 0 Å². The average molecular weight is 383 g/mol. The van der Waals surface area contributed by atoms with Crippen LogP contribution in [0.25, 0.3) is 0 Å². The largest absolute Gasteiger partial charge is 0.464 e. The molecule has 0 radical (unpaired) electrons. The topological polar surface area (TPSA) is 53.8 Å². The van der Waals surface area contributed by atoms with Gasteiger partial charge in [-0.15, -0.1) is 0 Å². The van der Waals surface area contributed by atoms with Gasteiger partial charge in [0.2, 0.25) is 11.8 Å². The number of benzene rings is 1. The van der Waals surface area contributed by atoms with E-state index in [0.29, 0.717) is 19.5 Å². The van der Waals surface area contributed by atoms with Crippen LogP contribution in [-0.2, 0) is 22.7 Å². The summed E-state index contributed by atoms with van der Waals surface area (Å²) in [5.74, 6) is 1.66. The van der Waals surface area contributed by atoms with E-state index < -0.39 is 0 Å². The minimum absolute atomic E-state index is 0.0327. The van der Waals surface area contributed by atoms with Gasteiger partial charge in [-0.2, -0.15) is 0 Å². The fraction of sp³-hybridized carbons (Fsp3) is 0.478. The number of nitrogens with zero attached hydrogens (tertiary/aromatic N) is 2. The summed E-state index contributed by atoms with van der Waals surface area (Å²) in [5, 5.41) is 0. The lowest BCUT2D eigenvalue weighted by Crippen LogP contribution is -2.43. The number of rotatable bonds is 10.